The van der Waals surface area contributed by atoms with Gasteiger partial charge in [-0.3, -0.25) is 4.79 Å². The van der Waals surface area contributed by atoms with Crippen LogP contribution in [0.3, 0.4) is 0 Å². The third-order valence-electron chi connectivity index (χ3n) is 5.06. The van der Waals surface area contributed by atoms with E-state index in [1.165, 1.54) is 0 Å². The Morgan fingerprint density at radius 3 is 3.00 bits per heavy atom. The van der Waals surface area contributed by atoms with E-state index in [4.69, 9.17) is 19.5 Å². The van der Waals surface area contributed by atoms with Gasteiger partial charge in [-0.1, -0.05) is 0 Å². The molecule has 0 radical (unpaired) electrons. The number of nitrogens with zero attached hydrogens (tertiary/aromatic N) is 3. The molecule has 1 amide bonds. The second-order valence-electron chi connectivity index (χ2n) is 8.66. The number of ether oxygens (including phenoxy) is 3. The summed E-state index contributed by atoms with van der Waals surface area (Å²) in [4.78, 5) is 12.7. The van der Waals surface area contributed by atoms with Crippen LogP contribution in [0, 0.1) is 11.3 Å². The Kier molecular flexibility index (Phi) is 5.39. The van der Waals surface area contributed by atoms with Crippen molar-refractivity contribution in [2.45, 2.75) is 57.9 Å². The van der Waals surface area contributed by atoms with E-state index in [9.17, 15) is 4.79 Å². The van der Waals surface area contributed by atoms with Crippen LogP contribution in [0.2, 0.25) is 0 Å². The molecule has 2 aromatic rings. The zero-order valence-electron chi connectivity index (χ0n) is 17.5. The maximum atomic E-state index is 12.7. The molecule has 2 atom stereocenters. The topological polar surface area (TPSA) is 98.4 Å². The summed E-state index contributed by atoms with van der Waals surface area (Å²) in [6.07, 6.45) is 1.33. The minimum Gasteiger partial charge on any atom is -0.491 e. The second-order valence-corrected chi connectivity index (χ2v) is 8.66. The van der Waals surface area contributed by atoms with Crippen LogP contribution in [0.15, 0.2) is 24.3 Å². The van der Waals surface area contributed by atoms with Gasteiger partial charge in [0.1, 0.15) is 18.5 Å². The average Bonchev–Trinajstić information content (AvgIpc) is 3.15. The van der Waals surface area contributed by atoms with Gasteiger partial charge in [-0.25, -0.2) is 4.68 Å². The molecular formula is C22H26N4O4. The number of carbonyl (C=O) groups excluding carboxylic acids is 1. The number of aromatic nitrogens is 2. The fraction of sp³-hybridized carbons (Fsp3) is 0.500. The van der Waals surface area contributed by atoms with Gasteiger partial charge < -0.3 is 19.5 Å². The summed E-state index contributed by atoms with van der Waals surface area (Å²) >= 11 is 0. The molecule has 1 unspecified atom stereocenters. The number of hydrogen-bond acceptors (Lipinski definition) is 6. The highest BCUT2D eigenvalue weighted by atomic mass is 16.5. The van der Waals surface area contributed by atoms with E-state index in [0.717, 1.165) is 17.7 Å². The van der Waals surface area contributed by atoms with Crippen LogP contribution in [0.5, 0.6) is 11.6 Å². The Morgan fingerprint density at radius 1 is 1.40 bits per heavy atom. The Bertz CT molecular complexity index is 986. The van der Waals surface area contributed by atoms with Crippen molar-refractivity contribution in [2.24, 2.45) is 0 Å². The zero-order chi connectivity index (χ0) is 21.3. The minimum atomic E-state index is -0.267. The van der Waals surface area contributed by atoms with Gasteiger partial charge in [0.25, 0.3) is 5.91 Å². The summed E-state index contributed by atoms with van der Waals surface area (Å²) < 4.78 is 19.2. The van der Waals surface area contributed by atoms with Crippen LogP contribution in [0.1, 0.15) is 48.8 Å². The Labute approximate surface area is 175 Å². The highest BCUT2D eigenvalue weighted by Crippen LogP contribution is 2.26. The minimum absolute atomic E-state index is 0.0538. The maximum Gasteiger partial charge on any atom is 0.272 e. The summed E-state index contributed by atoms with van der Waals surface area (Å²) in [5.41, 5.74) is 1.59. The van der Waals surface area contributed by atoms with Crippen LogP contribution in [0.4, 0.5) is 0 Å². The number of amides is 1. The summed E-state index contributed by atoms with van der Waals surface area (Å²) in [6, 6.07) is 8.94. The largest absolute Gasteiger partial charge is 0.491 e. The molecule has 1 aromatic heterocycles. The standard InChI is InChI=1S/C22H26N4O4/c1-22(2,3)29-13-17-6-7-26-20(30-17)10-18(25-26)21(27)24-16-9-15-8-14(11-23)4-5-19(15)28-12-16/h4-5,8,10,16-17H,6-7,9,12-13H2,1-3H3,(H,24,27)/t16-,17?/m1/s1. The van der Waals surface area contributed by atoms with Gasteiger partial charge in [0.2, 0.25) is 5.88 Å². The van der Waals surface area contributed by atoms with E-state index >= 15 is 0 Å². The normalized spacial score (nSPS) is 20.2. The van der Waals surface area contributed by atoms with Crippen molar-refractivity contribution in [2.75, 3.05) is 13.2 Å². The SMILES string of the molecule is CC(C)(C)OCC1CCn2nc(C(=O)N[C@H]3COc4ccc(C#N)cc4C3)cc2O1. The Hall–Kier alpha value is -3.05. The molecular weight excluding hydrogens is 384 g/mol. The zero-order valence-corrected chi connectivity index (χ0v) is 17.5. The first-order valence-corrected chi connectivity index (χ1v) is 10.2. The molecule has 2 aliphatic heterocycles. The molecule has 1 N–H and O–H groups in total. The summed E-state index contributed by atoms with van der Waals surface area (Å²) in [7, 11) is 0. The molecule has 0 saturated heterocycles. The predicted octanol–water partition coefficient (Wildman–Crippen LogP) is 2.45. The molecule has 0 spiro atoms. The Morgan fingerprint density at radius 2 is 2.23 bits per heavy atom. The molecule has 158 valence electrons. The van der Waals surface area contributed by atoms with Crippen molar-refractivity contribution in [3.8, 4) is 17.7 Å². The van der Waals surface area contributed by atoms with Crippen LogP contribution in [-0.4, -0.2) is 46.6 Å². The molecule has 4 rings (SSSR count). The molecule has 2 aliphatic rings. The molecule has 8 heteroatoms. The summed E-state index contributed by atoms with van der Waals surface area (Å²) in [6.45, 7) is 7.59. The van der Waals surface area contributed by atoms with Crippen LogP contribution >= 0.6 is 0 Å². The number of aryl methyl sites for hydroxylation is 1. The lowest BCUT2D eigenvalue weighted by molar-refractivity contribution is -0.0515. The number of fused-ring (bicyclic) bond motifs is 2. The van der Waals surface area contributed by atoms with Crippen molar-refractivity contribution >= 4 is 5.91 Å². The lowest BCUT2D eigenvalue weighted by atomic mass is 10.0. The van der Waals surface area contributed by atoms with Crippen molar-refractivity contribution < 1.29 is 19.0 Å². The lowest BCUT2D eigenvalue weighted by Gasteiger charge is -2.28. The number of nitriles is 1. The molecule has 0 aliphatic carbocycles. The van der Waals surface area contributed by atoms with Crippen molar-refractivity contribution in [1.29, 1.82) is 5.26 Å². The molecule has 0 saturated carbocycles. The van der Waals surface area contributed by atoms with E-state index in [0.29, 0.717) is 43.3 Å². The van der Waals surface area contributed by atoms with Crippen molar-refractivity contribution in [3.05, 3.63) is 41.1 Å². The van der Waals surface area contributed by atoms with Gasteiger partial charge in [0.05, 0.1) is 29.9 Å². The van der Waals surface area contributed by atoms with Gasteiger partial charge in [0, 0.05) is 19.0 Å². The van der Waals surface area contributed by atoms with Crippen molar-refractivity contribution in [3.63, 3.8) is 0 Å². The van der Waals surface area contributed by atoms with Crippen LogP contribution in [-0.2, 0) is 17.7 Å². The number of carbonyl (C=O) groups is 1. The maximum absolute atomic E-state index is 12.7. The highest BCUT2D eigenvalue weighted by Gasteiger charge is 2.27. The third-order valence-corrected chi connectivity index (χ3v) is 5.06. The van der Waals surface area contributed by atoms with Gasteiger partial charge in [-0.15, -0.1) is 0 Å². The quantitative estimate of drug-likeness (QED) is 0.831. The molecule has 1 aromatic carbocycles. The van der Waals surface area contributed by atoms with Crippen LogP contribution < -0.4 is 14.8 Å². The van der Waals surface area contributed by atoms with Gasteiger partial charge in [-0.2, -0.15) is 10.4 Å². The van der Waals surface area contributed by atoms with E-state index in [-0.39, 0.29) is 23.7 Å². The third kappa shape index (κ3) is 4.57. The van der Waals surface area contributed by atoms with Gasteiger partial charge in [0.15, 0.2) is 5.69 Å². The first kappa shape index (κ1) is 20.2. The molecule has 0 fully saturated rings. The van der Waals surface area contributed by atoms with Crippen molar-refractivity contribution in [1.82, 2.24) is 15.1 Å². The first-order chi connectivity index (χ1) is 14.3. The summed E-state index contributed by atoms with van der Waals surface area (Å²) in [5.74, 6) is 1.07. The summed E-state index contributed by atoms with van der Waals surface area (Å²) in [5, 5.41) is 16.4. The number of hydrogen-bond donors (Lipinski definition) is 1. The van der Waals surface area contributed by atoms with Gasteiger partial charge in [-0.05, 0) is 51.0 Å². The van der Waals surface area contributed by atoms with E-state index in [1.807, 2.05) is 20.8 Å². The molecule has 8 nitrogen and oxygen atoms in total. The number of benzene rings is 1. The fourth-order valence-electron chi connectivity index (χ4n) is 3.54. The monoisotopic (exact) mass is 410 g/mol. The second kappa shape index (κ2) is 8.00. The van der Waals surface area contributed by atoms with E-state index in [1.54, 1.807) is 28.9 Å². The predicted molar refractivity (Wildman–Crippen MR) is 109 cm³/mol. The fourth-order valence-corrected chi connectivity index (χ4v) is 3.54. The molecule has 30 heavy (non-hydrogen) atoms. The van der Waals surface area contributed by atoms with E-state index < -0.39 is 0 Å². The molecule has 3 heterocycles. The first-order valence-electron chi connectivity index (χ1n) is 10.2. The van der Waals surface area contributed by atoms with Crippen LogP contribution in [0.25, 0.3) is 0 Å². The number of rotatable bonds is 4. The van der Waals surface area contributed by atoms with Gasteiger partial charge >= 0.3 is 0 Å². The highest BCUT2D eigenvalue weighted by molar-refractivity contribution is 5.92. The Balaban J connectivity index is 1.37. The number of nitrogens with one attached hydrogen (secondary N) is 1. The van der Waals surface area contributed by atoms with E-state index in [2.05, 4.69) is 16.5 Å². The lowest BCUT2D eigenvalue weighted by Crippen LogP contribution is -2.42. The average molecular weight is 410 g/mol. The molecule has 0 bridgehead atoms. The smallest absolute Gasteiger partial charge is 0.272 e.